The fourth-order valence-corrected chi connectivity index (χ4v) is 3.55. The van der Waals surface area contributed by atoms with Gasteiger partial charge in [-0.05, 0) is 65.9 Å². The first-order valence-corrected chi connectivity index (χ1v) is 9.83. The van der Waals surface area contributed by atoms with Gasteiger partial charge in [0.2, 0.25) is 5.91 Å². The number of carbonyl (C=O) groups excluding carboxylic acids is 1. The lowest BCUT2D eigenvalue weighted by atomic mass is 10.2. The molecule has 0 unspecified atom stereocenters. The molecule has 2 aromatic carbocycles. The van der Waals surface area contributed by atoms with Gasteiger partial charge in [-0.3, -0.25) is 4.79 Å². The zero-order chi connectivity index (χ0) is 17.6. The number of halogens is 1. The third-order valence-corrected chi connectivity index (χ3v) is 5.08. The van der Waals surface area contributed by atoms with Crippen LogP contribution in [0.3, 0.4) is 0 Å². The van der Waals surface area contributed by atoms with Gasteiger partial charge in [0.1, 0.15) is 10.8 Å². The second-order valence-electron chi connectivity index (χ2n) is 5.31. The Morgan fingerprint density at radius 3 is 2.72 bits per heavy atom. The smallest absolute Gasteiger partial charge is 0.230 e. The molecule has 0 spiro atoms. The van der Waals surface area contributed by atoms with E-state index in [9.17, 15) is 4.79 Å². The van der Waals surface area contributed by atoms with Crippen molar-refractivity contribution in [2.45, 2.75) is 13.3 Å². The summed E-state index contributed by atoms with van der Waals surface area (Å²) in [7, 11) is 0. The monoisotopic (exact) mass is 464 g/mol. The molecule has 0 aliphatic heterocycles. The van der Waals surface area contributed by atoms with E-state index in [1.807, 2.05) is 60.8 Å². The van der Waals surface area contributed by atoms with Gasteiger partial charge in [-0.1, -0.05) is 12.1 Å². The van der Waals surface area contributed by atoms with Crippen LogP contribution in [0.15, 0.2) is 53.9 Å². The highest BCUT2D eigenvalue weighted by Crippen LogP contribution is 2.32. The molecular weight excluding hydrogens is 447 g/mol. The normalized spacial score (nSPS) is 10.5. The molecule has 0 bridgehead atoms. The first-order valence-electron chi connectivity index (χ1n) is 7.87. The Labute approximate surface area is 164 Å². The summed E-state index contributed by atoms with van der Waals surface area (Å²) in [6.07, 6.45) is 0.249. The van der Waals surface area contributed by atoms with Crippen LogP contribution in [-0.2, 0) is 11.2 Å². The van der Waals surface area contributed by atoms with Crippen LogP contribution < -0.4 is 10.1 Å². The van der Waals surface area contributed by atoms with Gasteiger partial charge >= 0.3 is 0 Å². The average molecular weight is 464 g/mol. The molecule has 0 atom stereocenters. The van der Waals surface area contributed by atoms with Gasteiger partial charge in [-0.15, -0.1) is 11.3 Å². The number of aromatic nitrogens is 1. The lowest BCUT2D eigenvalue weighted by molar-refractivity contribution is -0.115. The molecule has 1 aromatic heterocycles. The highest BCUT2D eigenvalue weighted by molar-refractivity contribution is 14.1. The third-order valence-electron chi connectivity index (χ3n) is 3.44. The number of hydrogen-bond donors (Lipinski definition) is 1. The summed E-state index contributed by atoms with van der Waals surface area (Å²) in [6, 6.07) is 15.5. The molecule has 0 saturated carbocycles. The Bertz CT molecular complexity index is 862. The molecule has 1 N–H and O–H groups in total. The number of anilines is 1. The maximum Gasteiger partial charge on any atom is 0.230 e. The lowest BCUT2D eigenvalue weighted by Crippen LogP contribution is -2.14. The van der Waals surface area contributed by atoms with Crippen molar-refractivity contribution in [1.82, 2.24) is 4.98 Å². The maximum absolute atomic E-state index is 12.2. The number of ether oxygens (including phenoxy) is 1. The number of nitrogens with one attached hydrogen (secondary N) is 1. The minimum absolute atomic E-state index is 0.0730. The fourth-order valence-electron chi connectivity index (χ4n) is 2.34. The average Bonchev–Trinajstić information content (AvgIpc) is 3.06. The number of thiazole rings is 1. The van der Waals surface area contributed by atoms with Gasteiger partial charge in [0.15, 0.2) is 0 Å². The first-order chi connectivity index (χ1) is 12.2. The van der Waals surface area contributed by atoms with Gasteiger partial charge in [0, 0.05) is 14.6 Å². The van der Waals surface area contributed by atoms with Crippen LogP contribution in [0.25, 0.3) is 10.6 Å². The highest BCUT2D eigenvalue weighted by Gasteiger charge is 2.12. The van der Waals surface area contributed by atoms with Gasteiger partial charge in [-0.2, -0.15) is 0 Å². The van der Waals surface area contributed by atoms with Crippen LogP contribution in [0, 0.1) is 3.57 Å². The molecule has 4 nitrogen and oxygen atoms in total. The first kappa shape index (κ1) is 17.9. The Morgan fingerprint density at radius 1 is 1.20 bits per heavy atom. The number of hydrogen-bond acceptors (Lipinski definition) is 4. The number of rotatable bonds is 6. The molecule has 1 heterocycles. The summed E-state index contributed by atoms with van der Waals surface area (Å²) in [6.45, 7) is 2.56. The Hall–Kier alpha value is -1.93. The SMILES string of the molecule is CCOc1ccccc1-c1nc(CC(=O)Nc2ccc(I)cc2)cs1. The Kier molecular flexibility index (Phi) is 6.04. The minimum Gasteiger partial charge on any atom is -0.493 e. The van der Waals surface area contributed by atoms with E-state index in [0.29, 0.717) is 6.61 Å². The van der Waals surface area contributed by atoms with Gasteiger partial charge < -0.3 is 10.1 Å². The van der Waals surface area contributed by atoms with Crippen molar-refractivity contribution in [1.29, 1.82) is 0 Å². The van der Waals surface area contributed by atoms with Crippen molar-refractivity contribution in [3.05, 3.63) is 63.2 Å². The molecule has 3 aromatic rings. The fraction of sp³-hybridized carbons (Fsp3) is 0.158. The summed E-state index contributed by atoms with van der Waals surface area (Å²) >= 11 is 3.75. The van der Waals surface area contributed by atoms with Crippen molar-refractivity contribution in [2.24, 2.45) is 0 Å². The number of nitrogens with zero attached hydrogens (tertiary/aromatic N) is 1. The summed E-state index contributed by atoms with van der Waals surface area (Å²) in [5.74, 6) is 0.741. The predicted octanol–water partition coefficient (Wildman–Crippen LogP) is 4.99. The zero-order valence-electron chi connectivity index (χ0n) is 13.7. The van der Waals surface area contributed by atoms with Gasteiger partial charge in [-0.25, -0.2) is 4.98 Å². The molecule has 0 fully saturated rings. The second-order valence-corrected chi connectivity index (χ2v) is 7.41. The minimum atomic E-state index is -0.0730. The van der Waals surface area contributed by atoms with Crippen molar-refractivity contribution >= 4 is 45.5 Å². The topological polar surface area (TPSA) is 51.2 Å². The number of benzene rings is 2. The Morgan fingerprint density at radius 2 is 1.96 bits per heavy atom. The van der Waals surface area contributed by atoms with Crippen LogP contribution in [0.4, 0.5) is 5.69 Å². The van der Waals surface area contributed by atoms with Gasteiger partial charge in [0.25, 0.3) is 0 Å². The van der Waals surface area contributed by atoms with Crippen LogP contribution in [-0.4, -0.2) is 17.5 Å². The van der Waals surface area contributed by atoms with Crippen molar-refractivity contribution in [2.75, 3.05) is 11.9 Å². The number of para-hydroxylation sites is 1. The lowest BCUT2D eigenvalue weighted by Gasteiger charge is -2.07. The molecule has 0 saturated heterocycles. The predicted molar refractivity (Wildman–Crippen MR) is 110 cm³/mol. The van der Waals surface area contributed by atoms with E-state index >= 15 is 0 Å². The maximum atomic E-state index is 12.2. The van der Waals surface area contributed by atoms with Crippen LogP contribution in [0.5, 0.6) is 5.75 Å². The van der Waals surface area contributed by atoms with Crippen LogP contribution >= 0.6 is 33.9 Å². The summed E-state index contributed by atoms with van der Waals surface area (Å²) in [4.78, 5) is 16.8. The molecule has 0 aliphatic rings. The largest absolute Gasteiger partial charge is 0.493 e. The molecule has 0 radical (unpaired) electrons. The van der Waals surface area contributed by atoms with Crippen molar-refractivity contribution < 1.29 is 9.53 Å². The highest BCUT2D eigenvalue weighted by atomic mass is 127. The molecular formula is C19H17IN2O2S. The molecule has 1 amide bonds. The molecule has 3 rings (SSSR count). The van der Waals surface area contributed by atoms with E-state index in [4.69, 9.17) is 4.74 Å². The molecule has 6 heteroatoms. The molecule has 25 heavy (non-hydrogen) atoms. The van der Waals surface area contributed by atoms with Crippen molar-refractivity contribution in [3.8, 4) is 16.3 Å². The number of carbonyl (C=O) groups is 1. The van der Waals surface area contributed by atoms with E-state index < -0.39 is 0 Å². The van der Waals surface area contributed by atoms with E-state index in [0.717, 1.165) is 31.3 Å². The Balaban J connectivity index is 1.69. The third kappa shape index (κ3) is 4.79. The van der Waals surface area contributed by atoms with E-state index in [2.05, 4.69) is 32.9 Å². The molecule has 128 valence electrons. The van der Waals surface area contributed by atoms with Crippen molar-refractivity contribution in [3.63, 3.8) is 0 Å². The summed E-state index contributed by atoms with van der Waals surface area (Å²) < 4.78 is 6.79. The second kappa shape index (κ2) is 8.44. The van der Waals surface area contributed by atoms with Crippen LogP contribution in [0.1, 0.15) is 12.6 Å². The van der Waals surface area contributed by atoms with E-state index in [-0.39, 0.29) is 12.3 Å². The quantitative estimate of drug-likeness (QED) is 0.523. The number of amides is 1. The molecule has 0 aliphatic carbocycles. The van der Waals surface area contributed by atoms with E-state index in [1.54, 1.807) is 0 Å². The summed E-state index contributed by atoms with van der Waals surface area (Å²) in [5.41, 5.74) is 2.51. The zero-order valence-corrected chi connectivity index (χ0v) is 16.6. The van der Waals surface area contributed by atoms with Crippen LogP contribution in [0.2, 0.25) is 0 Å². The summed E-state index contributed by atoms with van der Waals surface area (Å²) in [5, 5.41) is 5.68. The van der Waals surface area contributed by atoms with Gasteiger partial charge in [0.05, 0.1) is 24.3 Å². The van der Waals surface area contributed by atoms with E-state index in [1.165, 1.54) is 11.3 Å². The standard InChI is InChI=1S/C19H17IN2O2S/c1-2-24-17-6-4-3-5-16(17)19-22-15(12-25-19)11-18(23)21-14-9-7-13(20)8-10-14/h3-10,12H,2,11H2,1H3,(H,21,23).